The number of carbonyl (C=O) groups is 1. The van der Waals surface area contributed by atoms with E-state index in [0.717, 1.165) is 0 Å². The second-order valence-electron chi connectivity index (χ2n) is 4.67. The van der Waals surface area contributed by atoms with Crippen LogP contribution in [0.1, 0.15) is 19.7 Å². The molecule has 0 saturated heterocycles. The van der Waals surface area contributed by atoms with Gasteiger partial charge in [-0.2, -0.15) is 0 Å². The van der Waals surface area contributed by atoms with Crippen LogP contribution in [0, 0.1) is 0 Å². The highest BCUT2D eigenvalue weighted by molar-refractivity contribution is 5.81. The van der Waals surface area contributed by atoms with Gasteiger partial charge in [0, 0.05) is 6.54 Å². The number of hydrogen-bond acceptors (Lipinski definition) is 4. The van der Waals surface area contributed by atoms with Gasteiger partial charge in [-0.25, -0.2) is 4.98 Å². The Bertz CT molecular complexity index is 678. The lowest BCUT2D eigenvalue weighted by molar-refractivity contribution is -0.132. The lowest BCUT2D eigenvalue weighted by Gasteiger charge is -2.22. The fourth-order valence-corrected chi connectivity index (χ4v) is 2.02. The molecule has 0 aliphatic rings. The van der Waals surface area contributed by atoms with Crippen LogP contribution in [-0.4, -0.2) is 33.4 Å². The summed E-state index contributed by atoms with van der Waals surface area (Å²) in [5.41, 5.74) is 6.02. The molecule has 2 aromatic rings. The van der Waals surface area contributed by atoms with Crippen molar-refractivity contribution in [3.05, 3.63) is 40.4 Å². The predicted octanol–water partition coefficient (Wildman–Crippen LogP) is 0.619. The molecule has 6 nitrogen and oxygen atoms in total. The molecular weight excluding hydrogens is 256 g/mol. The first kappa shape index (κ1) is 14.2. The number of carbonyl (C=O) groups excluding carboxylic acids is 1. The molecule has 0 unspecified atom stereocenters. The standard InChI is InChI=1S/C14H18N4O2/c1-3-18(14(20)9(2)15)8-12-16-11-7-5-4-6-10(11)13(19)17-12/h4-7,9H,3,8,15H2,1-2H3,(H,16,17,19)/t9-/m0/s1. The molecule has 0 aliphatic carbocycles. The van der Waals surface area contributed by atoms with Crippen molar-refractivity contribution in [2.45, 2.75) is 26.4 Å². The Labute approximate surface area is 116 Å². The van der Waals surface area contributed by atoms with E-state index in [2.05, 4.69) is 9.97 Å². The number of amides is 1. The minimum absolute atomic E-state index is 0.164. The fourth-order valence-electron chi connectivity index (χ4n) is 2.02. The maximum Gasteiger partial charge on any atom is 0.258 e. The van der Waals surface area contributed by atoms with Crippen LogP contribution in [0.4, 0.5) is 0 Å². The Balaban J connectivity index is 2.34. The van der Waals surface area contributed by atoms with Crippen molar-refractivity contribution in [3.63, 3.8) is 0 Å². The van der Waals surface area contributed by atoms with E-state index in [0.29, 0.717) is 23.3 Å². The molecule has 0 bridgehead atoms. The van der Waals surface area contributed by atoms with Crippen molar-refractivity contribution < 1.29 is 4.79 Å². The molecule has 0 fully saturated rings. The minimum Gasteiger partial charge on any atom is -0.334 e. The zero-order valence-corrected chi connectivity index (χ0v) is 11.6. The summed E-state index contributed by atoms with van der Waals surface area (Å²) in [5, 5.41) is 0.540. The minimum atomic E-state index is -0.567. The van der Waals surface area contributed by atoms with E-state index in [4.69, 9.17) is 5.73 Å². The maximum atomic E-state index is 11.9. The molecule has 0 aliphatic heterocycles. The van der Waals surface area contributed by atoms with Gasteiger partial charge in [-0.3, -0.25) is 9.59 Å². The van der Waals surface area contributed by atoms with Crippen LogP contribution < -0.4 is 11.3 Å². The molecule has 0 radical (unpaired) electrons. The number of hydrogen-bond donors (Lipinski definition) is 2. The maximum absolute atomic E-state index is 11.9. The summed E-state index contributed by atoms with van der Waals surface area (Å²) in [6.45, 7) is 4.26. The number of nitrogens with zero attached hydrogens (tertiary/aromatic N) is 2. The molecule has 20 heavy (non-hydrogen) atoms. The van der Waals surface area contributed by atoms with E-state index < -0.39 is 6.04 Å². The summed E-state index contributed by atoms with van der Waals surface area (Å²) in [5.74, 6) is 0.299. The Morgan fingerprint density at radius 3 is 2.80 bits per heavy atom. The Kier molecular flexibility index (Phi) is 4.14. The van der Waals surface area contributed by atoms with Gasteiger partial charge in [0.2, 0.25) is 5.91 Å². The number of rotatable bonds is 4. The van der Waals surface area contributed by atoms with Gasteiger partial charge in [-0.05, 0) is 26.0 Å². The van der Waals surface area contributed by atoms with Crippen LogP contribution >= 0.6 is 0 Å². The third kappa shape index (κ3) is 2.85. The molecule has 1 heterocycles. The lowest BCUT2D eigenvalue weighted by Crippen LogP contribution is -2.42. The van der Waals surface area contributed by atoms with Crippen LogP contribution in [0.15, 0.2) is 29.1 Å². The van der Waals surface area contributed by atoms with E-state index in [9.17, 15) is 9.59 Å². The van der Waals surface area contributed by atoms with Crippen LogP contribution in [0.5, 0.6) is 0 Å². The van der Waals surface area contributed by atoms with Gasteiger partial charge in [0.25, 0.3) is 5.56 Å². The molecule has 106 valence electrons. The third-order valence-corrected chi connectivity index (χ3v) is 3.09. The molecule has 0 spiro atoms. The van der Waals surface area contributed by atoms with Gasteiger partial charge in [0.15, 0.2) is 0 Å². The van der Waals surface area contributed by atoms with Crippen molar-refractivity contribution in [2.75, 3.05) is 6.54 Å². The van der Waals surface area contributed by atoms with E-state index in [1.165, 1.54) is 0 Å². The second-order valence-corrected chi connectivity index (χ2v) is 4.67. The number of benzene rings is 1. The first-order valence-electron chi connectivity index (χ1n) is 6.55. The molecule has 2 rings (SSSR count). The van der Waals surface area contributed by atoms with Crippen molar-refractivity contribution in [3.8, 4) is 0 Å². The third-order valence-electron chi connectivity index (χ3n) is 3.09. The van der Waals surface area contributed by atoms with Crippen LogP contribution in [-0.2, 0) is 11.3 Å². The van der Waals surface area contributed by atoms with Crippen LogP contribution in [0.3, 0.4) is 0 Å². The van der Waals surface area contributed by atoms with Gasteiger partial charge in [0.1, 0.15) is 5.82 Å². The summed E-state index contributed by atoms with van der Waals surface area (Å²) < 4.78 is 0. The summed E-state index contributed by atoms with van der Waals surface area (Å²) in [6.07, 6.45) is 0. The SMILES string of the molecule is CCN(Cc1nc2ccccc2c(=O)[nH]1)C(=O)[C@H](C)N. The zero-order chi connectivity index (χ0) is 14.7. The van der Waals surface area contributed by atoms with Crippen molar-refractivity contribution >= 4 is 16.8 Å². The summed E-state index contributed by atoms with van der Waals surface area (Å²) >= 11 is 0. The van der Waals surface area contributed by atoms with Crippen LogP contribution in [0.2, 0.25) is 0 Å². The lowest BCUT2D eigenvalue weighted by atomic mass is 10.2. The quantitative estimate of drug-likeness (QED) is 0.854. The first-order chi connectivity index (χ1) is 9.52. The van der Waals surface area contributed by atoms with E-state index >= 15 is 0 Å². The predicted molar refractivity (Wildman–Crippen MR) is 77.1 cm³/mol. The Morgan fingerprint density at radius 1 is 1.45 bits per heavy atom. The first-order valence-corrected chi connectivity index (χ1v) is 6.55. The van der Waals surface area contributed by atoms with E-state index in [-0.39, 0.29) is 18.0 Å². The molecular formula is C14H18N4O2. The van der Waals surface area contributed by atoms with Gasteiger partial charge in [-0.15, -0.1) is 0 Å². The number of aromatic amines is 1. The highest BCUT2D eigenvalue weighted by atomic mass is 16.2. The van der Waals surface area contributed by atoms with Crippen LogP contribution in [0.25, 0.3) is 10.9 Å². The topological polar surface area (TPSA) is 92.1 Å². The average molecular weight is 274 g/mol. The smallest absolute Gasteiger partial charge is 0.258 e. The second kappa shape index (κ2) is 5.83. The largest absolute Gasteiger partial charge is 0.334 e. The Morgan fingerprint density at radius 2 is 2.15 bits per heavy atom. The van der Waals surface area contributed by atoms with Crippen molar-refractivity contribution in [1.29, 1.82) is 0 Å². The monoisotopic (exact) mass is 274 g/mol. The van der Waals surface area contributed by atoms with E-state index in [1.807, 2.05) is 13.0 Å². The molecule has 6 heteroatoms. The van der Waals surface area contributed by atoms with Gasteiger partial charge >= 0.3 is 0 Å². The average Bonchev–Trinajstić information content (AvgIpc) is 2.44. The van der Waals surface area contributed by atoms with Gasteiger partial charge in [0.05, 0.1) is 23.5 Å². The highest BCUT2D eigenvalue weighted by Gasteiger charge is 2.17. The molecule has 1 atom stereocenters. The summed E-state index contributed by atoms with van der Waals surface area (Å²) in [4.78, 5) is 32.5. The number of aromatic nitrogens is 2. The summed E-state index contributed by atoms with van der Waals surface area (Å²) in [6, 6.07) is 6.54. The number of nitrogens with one attached hydrogen (secondary N) is 1. The molecule has 1 aromatic carbocycles. The number of H-pyrrole nitrogens is 1. The van der Waals surface area contributed by atoms with Crippen molar-refractivity contribution in [1.82, 2.24) is 14.9 Å². The normalized spacial score (nSPS) is 12.3. The number of likely N-dealkylation sites (N-methyl/N-ethyl adjacent to an activating group) is 1. The number of nitrogens with two attached hydrogens (primary N) is 1. The highest BCUT2D eigenvalue weighted by Crippen LogP contribution is 2.07. The zero-order valence-electron chi connectivity index (χ0n) is 11.6. The number of para-hydroxylation sites is 1. The van der Waals surface area contributed by atoms with Gasteiger partial charge in [-0.1, -0.05) is 12.1 Å². The molecule has 0 saturated carbocycles. The molecule has 1 amide bonds. The fraction of sp³-hybridized carbons (Fsp3) is 0.357. The molecule has 1 aromatic heterocycles. The van der Waals surface area contributed by atoms with Gasteiger partial charge < -0.3 is 15.6 Å². The van der Waals surface area contributed by atoms with Crippen molar-refractivity contribution in [2.24, 2.45) is 5.73 Å². The molecule has 3 N–H and O–H groups in total. The van der Waals surface area contributed by atoms with E-state index in [1.54, 1.807) is 30.0 Å². The number of fused-ring (bicyclic) bond motifs is 1. The summed E-state index contributed by atoms with van der Waals surface area (Å²) in [7, 11) is 0. The Hall–Kier alpha value is -2.21.